The summed E-state index contributed by atoms with van der Waals surface area (Å²) < 4.78 is 41.1. The van der Waals surface area contributed by atoms with Crippen molar-refractivity contribution in [2.24, 2.45) is 0 Å². The van der Waals surface area contributed by atoms with Crippen LogP contribution in [0.5, 0.6) is 0 Å². The molecule has 0 saturated carbocycles. The first kappa shape index (κ1) is 16.8. The van der Waals surface area contributed by atoms with Crippen LogP contribution in [0.1, 0.15) is 5.56 Å². The lowest BCUT2D eigenvalue weighted by molar-refractivity contribution is -0.137. The number of para-hydroxylation sites is 1. The molecule has 2 aromatic carbocycles. The van der Waals surface area contributed by atoms with Crippen LogP contribution >= 0.6 is 0 Å². The zero-order chi connectivity index (χ0) is 18.5. The van der Waals surface area contributed by atoms with Crippen LogP contribution in [0.4, 0.5) is 13.2 Å². The second-order valence-corrected chi connectivity index (χ2v) is 6.57. The van der Waals surface area contributed by atoms with Crippen molar-refractivity contribution in [3.8, 4) is 0 Å². The second-order valence-electron chi connectivity index (χ2n) is 6.57. The van der Waals surface area contributed by atoms with Crippen LogP contribution < -0.4 is 0 Å². The molecule has 0 aliphatic heterocycles. The number of hydrogen-bond acceptors (Lipinski definition) is 3. The minimum absolute atomic E-state index is 0.253. The lowest BCUT2D eigenvalue weighted by Gasteiger charge is -2.12. The van der Waals surface area contributed by atoms with Gasteiger partial charge >= 0.3 is 6.18 Å². The topological polar surface area (TPSA) is 34.0 Å². The molecule has 7 heteroatoms. The zero-order valence-corrected chi connectivity index (χ0v) is 14.4. The van der Waals surface area contributed by atoms with Crippen molar-refractivity contribution in [1.82, 2.24) is 19.4 Å². The number of hydrogen-bond donors (Lipinski definition) is 0. The van der Waals surface area contributed by atoms with Crippen LogP contribution in [-0.2, 0) is 12.7 Å². The van der Waals surface area contributed by atoms with Gasteiger partial charge in [0.25, 0.3) is 0 Å². The van der Waals surface area contributed by atoms with Crippen molar-refractivity contribution in [2.45, 2.75) is 12.7 Å². The van der Waals surface area contributed by atoms with Crippen molar-refractivity contribution in [3.63, 3.8) is 0 Å². The van der Waals surface area contributed by atoms with E-state index in [-0.39, 0.29) is 5.52 Å². The highest BCUT2D eigenvalue weighted by Gasteiger charge is 2.30. The van der Waals surface area contributed by atoms with E-state index in [0.29, 0.717) is 16.7 Å². The number of fused-ring (bicyclic) bond motifs is 4. The Morgan fingerprint density at radius 2 is 1.77 bits per heavy atom. The van der Waals surface area contributed by atoms with Crippen LogP contribution in [0.15, 0.2) is 42.5 Å². The molecule has 4 nitrogen and oxygen atoms in total. The van der Waals surface area contributed by atoms with E-state index in [9.17, 15) is 13.2 Å². The van der Waals surface area contributed by atoms with E-state index in [4.69, 9.17) is 0 Å². The molecular formula is C19H17F3N4. The normalized spacial score (nSPS) is 12.7. The van der Waals surface area contributed by atoms with Crippen LogP contribution in [0.25, 0.3) is 33.1 Å². The van der Waals surface area contributed by atoms with Gasteiger partial charge in [0.1, 0.15) is 5.52 Å². The van der Waals surface area contributed by atoms with E-state index in [1.807, 2.05) is 38.4 Å². The number of benzene rings is 2. The summed E-state index contributed by atoms with van der Waals surface area (Å²) in [6.07, 6.45) is -4.40. The number of likely N-dealkylation sites (N-methyl/N-ethyl adjacent to an activating group) is 1. The van der Waals surface area contributed by atoms with Gasteiger partial charge in [-0.05, 0) is 38.4 Å². The van der Waals surface area contributed by atoms with Gasteiger partial charge in [0.15, 0.2) is 5.65 Å². The fraction of sp³-hybridized carbons (Fsp3) is 0.263. The first-order valence-electron chi connectivity index (χ1n) is 8.25. The lowest BCUT2D eigenvalue weighted by Crippen LogP contribution is -2.18. The molecule has 0 aliphatic rings. The number of nitrogens with zero attached hydrogens (tertiary/aromatic N) is 4. The minimum atomic E-state index is -4.40. The van der Waals surface area contributed by atoms with Crippen LogP contribution in [0, 0.1) is 0 Å². The van der Waals surface area contributed by atoms with Crippen LogP contribution in [0.2, 0.25) is 0 Å². The van der Waals surface area contributed by atoms with E-state index >= 15 is 0 Å². The Morgan fingerprint density at radius 1 is 1.00 bits per heavy atom. The second kappa shape index (κ2) is 5.95. The standard InChI is InChI=1S/C19H17F3N4/c1-25(2)9-10-26-16-6-4-3-5-13(16)17-18(26)24-14-8-7-12(19(20,21)22)11-15(14)23-17/h3-8,11H,9-10H2,1-2H3. The molecule has 2 aromatic heterocycles. The third-order valence-electron chi connectivity index (χ3n) is 4.45. The molecule has 0 atom stereocenters. The first-order valence-corrected chi connectivity index (χ1v) is 8.25. The van der Waals surface area contributed by atoms with E-state index in [2.05, 4.69) is 19.4 Å². The zero-order valence-electron chi connectivity index (χ0n) is 14.4. The maximum absolute atomic E-state index is 13.0. The van der Waals surface area contributed by atoms with Crippen molar-refractivity contribution >= 4 is 33.1 Å². The van der Waals surface area contributed by atoms with Gasteiger partial charge in [-0.1, -0.05) is 18.2 Å². The minimum Gasteiger partial charge on any atom is -0.323 e. The fourth-order valence-corrected chi connectivity index (χ4v) is 3.14. The molecule has 0 aliphatic carbocycles. The Bertz CT molecular complexity index is 1110. The summed E-state index contributed by atoms with van der Waals surface area (Å²) in [6, 6.07) is 11.3. The molecule has 0 unspecified atom stereocenters. The maximum atomic E-state index is 13.0. The highest BCUT2D eigenvalue weighted by molar-refractivity contribution is 6.06. The molecule has 0 fully saturated rings. The van der Waals surface area contributed by atoms with E-state index in [1.165, 1.54) is 6.07 Å². The Morgan fingerprint density at radius 3 is 2.50 bits per heavy atom. The molecule has 26 heavy (non-hydrogen) atoms. The summed E-state index contributed by atoms with van der Waals surface area (Å²) in [6.45, 7) is 1.54. The van der Waals surface area contributed by atoms with Gasteiger partial charge in [-0.25, -0.2) is 9.97 Å². The number of aromatic nitrogens is 3. The van der Waals surface area contributed by atoms with Crippen molar-refractivity contribution < 1.29 is 13.2 Å². The van der Waals surface area contributed by atoms with Gasteiger partial charge in [-0.15, -0.1) is 0 Å². The third kappa shape index (κ3) is 2.78. The smallest absolute Gasteiger partial charge is 0.323 e. The Hall–Kier alpha value is -2.67. The largest absolute Gasteiger partial charge is 0.416 e. The predicted molar refractivity (Wildman–Crippen MR) is 96.1 cm³/mol. The number of halogens is 3. The Labute approximate surface area is 147 Å². The van der Waals surface area contributed by atoms with Crippen LogP contribution in [-0.4, -0.2) is 40.1 Å². The van der Waals surface area contributed by atoms with Gasteiger partial charge in [0.05, 0.1) is 22.1 Å². The van der Waals surface area contributed by atoms with Crippen molar-refractivity contribution in [2.75, 3.05) is 20.6 Å². The Balaban J connectivity index is 2.00. The summed E-state index contributed by atoms with van der Waals surface area (Å²) in [5, 5.41) is 0.896. The summed E-state index contributed by atoms with van der Waals surface area (Å²) in [7, 11) is 3.99. The average Bonchev–Trinajstić information content (AvgIpc) is 2.89. The molecule has 0 bridgehead atoms. The predicted octanol–water partition coefficient (Wildman–Crippen LogP) is 4.32. The van der Waals surface area contributed by atoms with E-state index < -0.39 is 11.7 Å². The quantitative estimate of drug-likeness (QED) is 0.547. The van der Waals surface area contributed by atoms with Gasteiger partial charge in [-0.2, -0.15) is 13.2 Å². The molecule has 0 saturated heterocycles. The van der Waals surface area contributed by atoms with Gasteiger partial charge in [-0.3, -0.25) is 0 Å². The van der Waals surface area contributed by atoms with Crippen molar-refractivity contribution in [1.29, 1.82) is 0 Å². The van der Waals surface area contributed by atoms with E-state index in [0.717, 1.165) is 36.1 Å². The van der Waals surface area contributed by atoms with Gasteiger partial charge in [0, 0.05) is 18.5 Å². The van der Waals surface area contributed by atoms with E-state index in [1.54, 1.807) is 0 Å². The molecule has 134 valence electrons. The molecular weight excluding hydrogens is 341 g/mol. The summed E-state index contributed by atoms with van der Waals surface area (Å²) in [5.41, 5.74) is 2.31. The van der Waals surface area contributed by atoms with Crippen LogP contribution in [0.3, 0.4) is 0 Å². The third-order valence-corrected chi connectivity index (χ3v) is 4.45. The Kier molecular flexibility index (Phi) is 3.84. The highest BCUT2D eigenvalue weighted by atomic mass is 19.4. The molecule has 2 heterocycles. The van der Waals surface area contributed by atoms with Crippen molar-refractivity contribution in [3.05, 3.63) is 48.0 Å². The lowest BCUT2D eigenvalue weighted by atomic mass is 10.2. The first-order chi connectivity index (χ1) is 12.3. The molecule has 4 aromatic rings. The SMILES string of the molecule is CN(C)CCn1c2ccccc2c2nc3cc(C(F)(F)F)ccc3nc21. The number of alkyl halides is 3. The fourth-order valence-electron chi connectivity index (χ4n) is 3.14. The summed E-state index contributed by atoms with van der Waals surface area (Å²) in [4.78, 5) is 11.2. The molecule has 0 radical (unpaired) electrons. The number of rotatable bonds is 3. The summed E-state index contributed by atoms with van der Waals surface area (Å²) in [5.74, 6) is 0. The maximum Gasteiger partial charge on any atom is 0.416 e. The average molecular weight is 358 g/mol. The molecule has 0 N–H and O–H groups in total. The molecule has 4 rings (SSSR count). The van der Waals surface area contributed by atoms with Gasteiger partial charge in [0.2, 0.25) is 0 Å². The molecule has 0 spiro atoms. The molecule has 0 amide bonds. The van der Waals surface area contributed by atoms with Gasteiger partial charge < -0.3 is 9.47 Å². The highest BCUT2D eigenvalue weighted by Crippen LogP contribution is 2.32. The summed E-state index contributed by atoms with van der Waals surface area (Å²) >= 11 is 0. The monoisotopic (exact) mass is 358 g/mol.